The predicted octanol–water partition coefficient (Wildman–Crippen LogP) is 4.18. The van der Waals surface area contributed by atoms with Crippen LogP contribution < -0.4 is 10.8 Å². The maximum atomic E-state index is 13.0. The van der Waals surface area contributed by atoms with Gasteiger partial charge >= 0.3 is 0 Å². The topological polar surface area (TPSA) is 97.7 Å². The van der Waals surface area contributed by atoms with Gasteiger partial charge in [0, 0.05) is 68.1 Å². The predicted molar refractivity (Wildman–Crippen MR) is 144 cm³/mol. The number of likely N-dealkylation sites (tertiary alicyclic amines) is 1. The Morgan fingerprint density at radius 3 is 2.47 bits per heavy atom. The van der Waals surface area contributed by atoms with Crippen LogP contribution >= 0.6 is 0 Å². The summed E-state index contributed by atoms with van der Waals surface area (Å²) in [6.45, 7) is 2.04. The van der Waals surface area contributed by atoms with Crippen molar-refractivity contribution in [1.29, 1.82) is 0 Å². The van der Waals surface area contributed by atoms with Crippen molar-refractivity contribution in [3.63, 3.8) is 0 Å². The number of nitrogens with one attached hydrogen (secondary N) is 2. The molecule has 2 amide bonds. The van der Waals surface area contributed by atoms with E-state index >= 15 is 0 Å². The van der Waals surface area contributed by atoms with Gasteiger partial charge < -0.3 is 19.5 Å². The molecule has 0 radical (unpaired) electrons. The molecule has 1 unspecified atom stereocenters. The number of hydroxylamine groups is 1. The normalized spacial score (nSPS) is 18.4. The van der Waals surface area contributed by atoms with E-state index in [1.807, 2.05) is 70.4 Å². The highest BCUT2D eigenvalue weighted by Crippen LogP contribution is 2.19. The molecule has 1 aromatic carbocycles. The fourth-order valence-corrected chi connectivity index (χ4v) is 4.62. The first-order chi connectivity index (χ1) is 18.6. The summed E-state index contributed by atoms with van der Waals surface area (Å²) in [7, 11) is 0. The Balaban J connectivity index is 1.05. The zero-order chi connectivity index (χ0) is 26.2. The lowest BCUT2D eigenvalue weighted by Gasteiger charge is -2.32. The number of carbonyl (C=O) groups is 2. The molecule has 9 nitrogen and oxygen atoms in total. The minimum atomic E-state index is -0.375. The van der Waals surface area contributed by atoms with Crippen LogP contribution in [-0.2, 0) is 14.4 Å². The number of carbonyl (C=O) groups excluding carboxylic acids is 2. The van der Waals surface area contributed by atoms with Crippen molar-refractivity contribution in [2.24, 2.45) is 0 Å². The molecule has 5 rings (SSSR count). The summed E-state index contributed by atoms with van der Waals surface area (Å²) in [5.41, 5.74) is 4.96. The molecule has 2 aromatic heterocycles. The fraction of sp³-hybridized carbons (Fsp3) is 0.345. The highest BCUT2D eigenvalue weighted by atomic mass is 16.8. The van der Waals surface area contributed by atoms with Gasteiger partial charge in [0.25, 0.3) is 11.8 Å². The molecule has 9 heteroatoms. The average molecular weight is 516 g/mol. The van der Waals surface area contributed by atoms with Crippen molar-refractivity contribution in [1.82, 2.24) is 19.9 Å². The number of hydrogen-bond acceptors (Lipinski definition) is 6. The molecule has 2 aliphatic heterocycles. The lowest BCUT2D eigenvalue weighted by atomic mass is 10.0. The highest BCUT2D eigenvalue weighted by molar-refractivity contribution is 5.94. The van der Waals surface area contributed by atoms with Crippen LogP contribution in [0.15, 0.2) is 73.2 Å². The van der Waals surface area contributed by atoms with Gasteiger partial charge in [-0.25, -0.2) is 15.3 Å². The first kappa shape index (κ1) is 25.7. The lowest BCUT2D eigenvalue weighted by molar-refractivity contribution is -0.198. The van der Waals surface area contributed by atoms with Crippen LogP contribution in [0.5, 0.6) is 0 Å². The van der Waals surface area contributed by atoms with Gasteiger partial charge in [0.05, 0.1) is 0 Å². The van der Waals surface area contributed by atoms with E-state index in [1.165, 1.54) is 6.08 Å². The monoisotopic (exact) mass is 515 g/mol. The van der Waals surface area contributed by atoms with Gasteiger partial charge in [-0.3, -0.25) is 9.59 Å². The molecule has 0 spiro atoms. The minimum absolute atomic E-state index is 0.0671. The molecule has 198 valence electrons. The van der Waals surface area contributed by atoms with Crippen molar-refractivity contribution in [2.75, 3.05) is 25.0 Å². The first-order valence-corrected chi connectivity index (χ1v) is 13.1. The summed E-state index contributed by atoms with van der Waals surface area (Å²) >= 11 is 0. The van der Waals surface area contributed by atoms with Gasteiger partial charge in [-0.2, -0.15) is 0 Å². The highest BCUT2D eigenvalue weighted by Gasteiger charge is 2.24. The van der Waals surface area contributed by atoms with Crippen molar-refractivity contribution in [3.8, 4) is 5.69 Å². The fourth-order valence-electron chi connectivity index (χ4n) is 4.62. The van der Waals surface area contributed by atoms with Crippen LogP contribution in [0.4, 0.5) is 5.82 Å². The Morgan fingerprint density at radius 1 is 1.00 bits per heavy atom. The Hall–Kier alpha value is -3.95. The zero-order valence-corrected chi connectivity index (χ0v) is 21.3. The Labute approximate surface area is 222 Å². The van der Waals surface area contributed by atoms with Crippen LogP contribution in [-0.4, -0.2) is 58.3 Å². The molecule has 38 heavy (non-hydrogen) atoms. The van der Waals surface area contributed by atoms with Crippen molar-refractivity contribution in [3.05, 3.63) is 84.3 Å². The summed E-state index contributed by atoms with van der Waals surface area (Å²) < 4.78 is 7.44. The molecular weight excluding hydrogens is 482 g/mol. The summed E-state index contributed by atoms with van der Waals surface area (Å²) in [5, 5.41) is 3.46. The van der Waals surface area contributed by atoms with E-state index < -0.39 is 0 Å². The number of nitrogens with zero attached hydrogens (tertiary/aromatic N) is 3. The number of pyridine rings is 1. The van der Waals surface area contributed by atoms with Crippen LogP contribution in [0.1, 0.15) is 48.0 Å². The smallest absolute Gasteiger partial charge is 0.267 e. The maximum absolute atomic E-state index is 13.0. The second-order valence-corrected chi connectivity index (χ2v) is 9.54. The quantitative estimate of drug-likeness (QED) is 0.345. The van der Waals surface area contributed by atoms with Crippen molar-refractivity contribution in [2.45, 2.75) is 44.4 Å². The Bertz CT molecular complexity index is 1210. The molecule has 0 aliphatic carbocycles. The summed E-state index contributed by atoms with van der Waals surface area (Å²) in [6.07, 6.45) is 12.9. The van der Waals surface area contributed by atoms with Crippen LogP contribution in [0, 0.1) is 0 Å². The maximum Gasteiger partial charge on any atom is 0.267 e. The van der Waals surface area contributed by atoms with Crippen molar-refractivity contribution < 1.29 is 19.2 Å². The van der Waals surface area contributed by atoms with E-state index in [0.717, 1.165) is 49.2 Å². The van der Waals surface area contributed by atoms with Gasteiger partial charge in [-0.1, -0.05) is 0 Å². The second kappa shape index (κ2) is 12.5. The number of benzene rings is 1. The average Bonchev–Trinajstić information content (AvgIpc) is 3.52. The molecule has 4 heterocycles. The molecule has 1 atom stereocenters. The van der Waals surface area contributed by atoms with Crippen LogP contribution in [0.25, 0.3) is 11.8 Å². The third-order valence-electron chi connectivity index (χ3n) is 6.79. The molecule has 2 saturated heterocycles. The number of piperidine rings is 1. The van der Waals surface area contributed by atoms with E-state index in [9.17, 15) is 9.59 Å². The minimum Gasteiger partial charge on any atom is -0.367 e. The van der Waals surface area contributed by atoms with Gasteiger partial charge in [0.15, 0.2) is 6.29 Å². The van der Waals surface area contributed by atoms with E-state index in [1.54, 1.807) is 12.3 Å². The van der Waals surface area contributed by atoms with E-state index in [4.69, 9.17) is 9.57 Å². The van der Waals surface area contributed by atoms with E-state index in [-0.39, 0.29) is 24.1 Å². The number of hydrogen-bond donors (Lipinski definition) is 2. The molecule has 2 fully saturated rings. The molecule has 0 saturated carbocycles. The van der Waals surface area contributed by atoms with Crippen LogP contribution in [0.2, 0.25) is 0 Å². The van der Waals surface area contributed by atoms with Gasteiger partial charge in [0.1, 0.15) is 5.82 Å². The largest absolute Gasteiger partial charge is 0.367 e. The summed E-state index contributed by atoms with van der Waals surface area (Å²) in [6, 6.07) is 15.7. The molecule has 2 aliphatic rings. The number of amides is 2. The third-order valence-corrected chi connectivity index (χ3v) is 6.79. The summed E-state index contributed by atoms with van der Waals surface area (Å²) in [4.78, 5) is 36.6. The third kappa shape index (κ3) is 6.87. The molecule has 3 aromatic rings. The van der Waals surface area contributed by atoms with Gasteiger partial charge in [-0.05, 0) is 85.9 Å². The number of anilines is 1. The Morgan fingerprint density at radius 2 is 1.79 bits per heavy atom. The number of rotatable bonds is 8. The second-order valence-electron chi connectivity index (χ2n) is 9.54. The lowest BCUT2D eigenvalue weighted by Crippen LogP contribution is -2.42. The SMILES string of the molecule is O=C(C=Cc1ccc(NC2CCN(C(=O)c3ccc(-n4cccc4)cc3)CC2)nc1)NOC1CCCCO1. The van der Waals surface area contributed by atoms with E-state index in [2.05, 4.69) is 15.8 Å². The first-order valence-electron chi connectivity index (χ1n) is 13.1. The zero-order valence-electron chi connectivity index (χ0n) is 21.3. The molecular formula is C29H33N5O4. The number of ether oxygens (including phenoxy) is 1. The standard InChI is InChI=1S/C29H33N5O4/c35-27(32-38-28-5-1-4-20-37-28)13-7-22-6-12-26(30-21-22)31-24-14-18-34(19-15-24)29(36)23-8-10-25(11-9-23)33-16-2-3-17-33/h2-3,6-13,16-17,21,24,28H,1,4-5,14-15,18-20H2,(H,30,31)(H,32,35). The Kier molecular flexibility index (Phi) is 8.47. The van der Waals surface area contributed by atoms with Crippen LogP contribution in [0.3, 0.4) is 0 Å². The van der Waals surface area contributed by atoms with E-state index in [0.29, 0.717) is 25.3 Å². The molecule has 2 N–H and O–H groups in total. The van der Waals surface area contributed by atoms with Crippen molar-refractivity contribution >= 4 is 23.7 Å². The van der Waals surface area contributed by atoms with Gasteiger partial charge in [0.2, 0.25) is 0 Å². The molecule has 0 bridgehead atoms. The summed E-state index contributed by atoms with van der Waals surface area (Å²) in [5.74, 6) is 0.492. The number of aromatic nitrogens is 2. The van der Waals surface area contributed by atoms with Gasteiger partial charge in [-0.15, -0.1) is 0 Å².